The molecule has 0 radical (unpaired) electrons. The van der Waals surface area contributed by atoms with Crippen LogP contribution >= 0.6 is 0 Å². The van der Waals surface area contributed by atoms with E-state index in [1.165, 1.54) is 7.11 Å². The Labute approximate surface area is 114 Å². The lowest BCUT2D eigenvalue weighted by atomic mass is 9.86. The van der Waals surface area contributed by atoms with Gasteiger partial charge in [-0.25, -0.2) is 0 Å². The van der Waals surface area contributed by atoms with E-state index in [9.17, 15) is 9.59 Å². The molecule has 19 heavy (non-hydrogen) atoms. The summed E-state index contributed by atoms with van der Waals surface area (Å²) in [6.45, 7) is 4.66. The minimum absolute atomic E-state index is 0.0317. The number of nitrogens with one attached hydrogen (secondary N) is 1. The van der Waals surface area contributed by atoms with Gasteiger partial charge in [0.2, 0.25) is 5.91 Å². The Kier molecular flexibility index (Phi) is 4.80. The number of rotatable bonds is 4. The molecule has 0 aromatic carbocycles. The first-order valence-electron chi connectivity index (χ1n) is 7.21. The summed E-state index contributed by atoms with van der Waals surface area (Å²) in [5, 5.41) is 3.21. The highest BCUT2D eigenvalue weighted by molar-refractivity contribution is 5.80. The van der Waals surface area contributed by atoms with E-state index in [0.29, 0.717) is 12.3 Å². The van der Waals surface area contributed by atoms with Gasteiger partial charge in [-0.1, -0.05) is 6.92 Å². The highest BCUT2D eigenvalue weighted by Crippen LogP contribution is 2.25. The summed E-state index contributed by atoms with van der Waals surface area (Å²) < 4.78 is 4.73. The molecule has 5 heteroatoms. The molecule has 1 N–H and O–H groups in total. The number of ether oxygens (including phenoxy) is 1. The van der Waals surface area contributed by atoms with Gasteiger partial charge in [-0.05, 0) is 38.3 Å². The van der Waals surface area contributed by atoms with Crippen LogP contribution in [0.5, 0.6) is 0 Å². The predicted molar refractivity (Wildman–Crippen MR) is 71.5 cm³/mol. The number of likely N-dealkylation sites (tertiary alicyclic amines) is 1. The molecule has 2 aliphatic rings. The summed E-state index contributed by atoms with van der Waals surface area (Å²) >= 11 is 0. The summed E-state index contributed by atoms with van der Waals surface area (Å²) in [5.41, 5.74) is 0. The average molecular weight is 268 g/mol. The van der Waals surface area contributed by atoms with Crippen LogP contribution in [0, 0.1) is 11.8 Å². The molecule has 0 aliphatic carbocycles. The van der Waals surface area contributed by atoms with E-state index in [1.54, 1.807) is 0 Å². The van der Waals surface area contributed by atoms with Crippen molar-refractivity contribution in [2.45, 2.75) is 38.6 Å². The van der Waals surface area contributed by atoms with Gasteiger partial charge in [-0.3, -0.25) is 9.59 Å². The van der Waals surface area contributed by atoms with E-state index in [4.69, 9.17) is 4.74 Å². The van der Waals surface area contributed by atoms with Crippen molar-refractivity contribution in [3.8, 4) is 0 Å². The van der Waals surface area contributed by atoms with Gasteiger partial charge in [0.1, 0.15) is 0 Å². The fourth-order valence-corrected chi connectivity index (χ4v) is 2.91. The van der Waals surface area contributed by atoms with E-state index in [1.807, 2.05) is 11.8 Å². The number of hydrogen-bond donors (Lipinski definition) is 1. The third-order valence-corrected chi connectivity index (χ3v) is 4.45. The van der Waals surface area contributed by atoms with Crippen molar-refractivity contribution in [3.05, 3.63) is 0 Å². The van der Waals surface area contributed by atoms with Crippen LogP contribution in [0.25, 0.3) is 0 Å². The van der Waals surface area contributed by atoms with Crippen LogP contribution in [0.2, 0.25) is 0 Å². The fraction of sp³-hybridized carbons (Fsp3) is 0.857. The van der Waals surface area contributed by atoms with Gasteiger partial charge in [-0.15, -0.1) is 0 Å². The quantitative estimate of drug-likeness (QED) is 0.766. The number of methoxy groups -OCH3 is 1. The summed E-state index contributed by atoms with van der Waals surface area (Å²) in [4.78, 5) is 25.9. The molecule has 2 atom stereocenters. The summed E-state index contributed by atoms with van der Waals surface area (Å²) in [6.07, 6.45) is 3.37. The van der Waals surface area contributed by atoms with E-state index < -0.39 is 0 Å². The van der Waals surface area contributed by atoms with E-state index >= 15 is 0 Å². The number of esters is 1. The Morgan fingerprint density at radius 2 is 2.11 bits per heavy atom. The molecule has 1 amide bonds. The molecule has 0 aromatic rings. The van der Waals surface area contributed by atoms with Crippen molar-refractivity contribution >= 4 is 11.9 Å². The van der Waals surface area contributed by atoms with Crippen molar-refractivity contribution in [2.75, 3.05) is 26.7 Å². The molecule has 0 spiro atoms. The lowest BCUT2D eigenvalue weighted by Gasteiger charge is -2.40. The molecule has 2 heterocycles. The number of amides is 1. The lowest BCUT2D eigenvalue weighted by Crippen LogP contribution is -2.53. The first kappa shape index (κ1) is 14.3. The van der Waals surface area contributed by atoms with Gasteiger partial charge in [0.05, 0.1) is 13.5 Å². The zero-order valence-electron chi connectivity index (χ0n) is 11.9. The minimum Gasteiger partial charge on any atom is -0.469 e. The summed E-state index contributed by atoms with van der Waals surface area (Å²) in [5.74, 6) is 0.496. The van der Waals surface area contributed by atoms with Crippen LogP contribution in [0.1, 0.15) is 32.6 Å². The molecule has 0 aromatic heterocycles. The molecule has 0 saturated carbocycles. The summed E-state index contributed by atoms with van der Waals surface area (Å²) in [6, 6.07) is 0.0317. The Hall–Kier alpha value is -1.10. The molecular formula is C14H24N2O3. The maximum Gasteiger partial charge on any atom is 0.307 e. The number of nitrogens with zero attached hydrogens (tertiary/aromatic N) is 1. The molecule has 2 fully saturated rings. The average Bonchev–Trinajstić information content (AvgIpc) is 2.36. The first-order valence-corrected chi connectivity index (χ1v) is 7.21. The molecule has 2 aliphatic heterocycles. The Balaban J connectivity index is 1.97. The number of carbonyl (C=O) groups is 2. The highest BCUT2D eigenvalue weighted by Gasteiger charge is 2.35. The summed E-state index contributed by atoms with van der Waals surface area (Å²) in [7, 11) is 1.40. The fourth-order valence-electron chi connectivity index (χ4n) is 2.91. The van der Waals surface area contributed by atoms with Gasteiger partial charge >= 0.3 is 5.97 Å². The standard InChI is InChI=1S/C14H24N2O3/c1-10(11-8-15-9-11)14(18)16-6-4-3-5-12(16)7-13(17)19-2/h10-12,15H,3-9H2,1-2H3. The molecule has 108 valence electrons. The second kappa shape index (κ2) is 6.37. The van der Waals surface area contributed by atoms with Gasteiger partial charge in [0.15, 0.2) is 0 Å². The second-order valence-electron chi connectivity index (χ2n) is 5.67. The van der Waals surface area contributed by atoms with E-state index in [2.05, 4.69) is 5.32 Å². The highest BCUT2D eigenvalue weighted by atomic mass is 16.5. The van der Waals surface area contributed by atoms with Gasteiger partial charge in [0.25, 0.3) is 0 Å². The molecule has 2 saturated heterocycles. The first-order chi connectivity index (χ1) is 9.13. The molecule has 5 nitrogen and oxygen atoms in total. The zero-order valence-corrected chi connectivity index (χ0v) is 11.9. The molecule has 2 unspecified atom stereocenters. The van der Waals surface area contributed by atoms with Crippen molar-refractivity contribution in [1.82, 2.24) is 10.2 Å². The third-order valence-electron chi connectivity index (χ3n) is 4.45. The van der Waals surface area contributed by atoms with E-state index in [0.717, 1.165) is 38.9 Å². The van der Waals surface area contributed by atoms with Gasteiger partial charge in [-0.2, -0.15) is 0 Å². The number of hydrogen-bond acceptors (Lipinski definition) is 4. The normalized spacial score (nSPS) is 25.6. The molecule has 0 bridgehead atoms. The number of piperidine rings is 1. The van der Waals surface area contributed by atoms with Crippen molar-refractivity contribution in [2.24, 2.45) is 11.8 Å². The maximum absolute atomic E-state index is 12.6. The van der Waals surface area contributed by atoms with Crippen LogP contribution in [0.4, 0.5) is 0 Å². The van der Waals surface area contributed by atoms with Crippen LogP contribution in [0.15, 0.2) is 0 Å². The Bertz CT molecular complexity index is 342. The third kappa shape index (κ3) is 3.26. The van der Waals surface area contributed by atoms with Crippen LogP contribution in [-0.4, -0.2) is 49.6 Å². The lowest BCUT2D eigenvalue weighted by molar-refractivity contribution is -0.146. The van der Waals surface area contributed by atoms with Crippen molar-refractivity contribution in [3.63, 3.8) is 0 Å². The van der Waals surface area contributed by atoms with Crippen LogP contribution in [0.3, 0.4) is 0 Å². The topological polar surface area (TPSA) is 58.6 Å². The Morgan fingerprint density at radius 1 is 1.37 bits per heavy atom. The van der Waals surface area contributed by atoms with Gasteiger partial charge in [0, 0.05) is 18.5 Å². The molecular weight excluding hydrogens is 244 g/mol. The number of carbonyl (C=O) groups excluding carboxylic acids is 2. The van der Waals surface area contributed by atoms with Crippen molar-refractivity contribution in [1.29, 1.82) is 0 Å². The monoisotopic (exact) mass is 268 g/mol. The largest absolute Gasteiger partial charge is 0.469 e. The van der Waals surface area contributed by atoms with E-state index in [-0.39, 0.29) is 23.8 Å². The Morgan fingerprint density at radius 3 is 2.68 bits per heavy atom. The predicted octanol–water partition coefficient (Wildman–Crippen LogP) is 0.786. The second-order valence-corrected chi connectivity index (χ2v) is 5.67. The maximum atomic E-state index is 12.6. The minimum atomic E-state index is -0.220. The SMILES string of the molecule is COC(=O)CC1CCCCN1C(=O)C(C)C1CNC1. The zero-order chi connectivity index (χ0) is 13.8. The van der Waals surface area contributed by atoms with Gasteiger partial charge < -0.3 is 15.0 Å². The van der Waals surface area contributed by atoms with Crippen LogP contribution < -0.4 is 5.32 Å². The van der Waals surface area contributed by atoms with Crippen LogP contribution in [-0.2, 0) is 14.3 Å². The molecule has 2 rings (SSSR count). The van der Waals surface area contributed by atoms with Crippen molar-refractivity contribution < 1.29 is 14.3 Å². The smallest absolute Gasteiger partial charge is 0.307 e.